The first kappa shape index (κ1) is 40.7. The Balaban J connectivity index is 0.00000314. The quantitative estimate of drug-likeness (QED) is 0.0729. The molecule has 0 amide bonds. The van der Waals surface area contributed by atoms with Crippen molar-refractivity contribution in [2.24, 2.45) is 30.7 Å². The van der Waals surface area contributed by atoms with Crippen molar-refractivity contribution in [1.29, 1.82) is 0 Å². The molecule has 18 heteroatoms. The number of carboxylic acid groups (broad SMARTS) is 1. The summed E-state index contributed by atoms with van der Waals surface area (Å²) in [6.45, 7) is 0. The third-order valence-electron chi connectivity index (χ3n) is 7.43. The molecule has 0 radical (unpaired) electrons. The smallest absolute Gasteiger partial charge is 0.872 e. The molecule has 6 aromatic rings. The van der Waals surface area contributed by atoms with E-state index in [1.807, 2.05) is 0 Å². The van der Waals surface area contributed by atoms with E-state index in [9.17, 15) is 28.0 Å². The summed E-state index contributed by atoms with van der Waals surface area (Å²) >= 11 is 0. The Morgan fingerprint density at radius 1 is 0.623 bits per heavy atom. The van der Waals surface area contributed by atoms with Crippen molar-refractivity contribution in [2.45, 2.75) is 4.90 Å². The molecule has 0 spiro atoms. The van der Waals surface area contributed by atoms with Crippen molar-refractivity contribution in [3.05, 3.63) is 115 Å². The second-order valence-corrected chi connectivity index (χ2v) is 12.3. The normalized spacial score (nSPS) is 11.6. The molecule has 0 aliphatic rings. The summed E-state index contributed by atoms with van der Waals surface area (Å²) in [7, 11) is -4.86. The van der Waals surface area contributed by atoms with Crippen molar-refractivity contribution >= 4 is 72.4 Å². The second-order valence-electron chi connectivity index (χ2n) is 10.9. The predicted molar refractivity (Wildman–Crippen MR) is 186 cm³/mol. The fraction of sp³-hybridized carbons (Fsp3) is 0. The van der Waals surface area contributed by atoms with Crippen LogP contribution in [0.25, 0.3) is 21.9 Å². The number of nitrogen functional groups attached to an aromatic ring is 2. The van der Waals surface area contributed by atoms with Gasteiger partial charge in [0.25, 0.3) is 10.1 Å². The zero-order valence-electron chi connectivity index (χ0n) is 28.1. The standard InChI is InChI=1S/C35H26N8O7S.2Na/c36-22-6-13-30(29(37)16-22)42-41-25-11-5-21-15-32(51(48,49)50)33(34(45)27(21)17-25)43-39-24-9-3-20(4-10-24)19-1-7-23(8-2-19)38-40-26-12-14-31(44)28(18-26)35(46)47;;/h1-18,44-45H,36-37H2,(H,46,47)(H,48,49,50);;/q;2*+1/p-2. The van der Waals surface area contributed by atoms with Crippen LogP contribution in [0.2, 0.25) is 0 Å². The predicted octanol–water partition coefficient (Wildman–Crippen LogP) is 2.02. The Labute approximate surface area is 346 Å². The minimum Gasteiger partial charge on any atom is -0.872 e. The number of fused-ring (bicyclic) bond motifs is 1. The molecule has 15 nitrogen and oxygen atoms in total. The molecule has 0 saturated carbocycles. The van der Waals surface area contributed by atoms with Crippen LogP contribution in [0.5, 0.6) is 11.5 Å². The van der Waals surface area contributed by atoms with Crippen LogP contribution >= 0.6 is 0 Å². The van der Waals surface area contributed by atoms with Crippen LogP contribution in [-0.4, -0.2) is 24.0 Å². The van der Waals surface area contributed by atoms with Crippen LogP contribution in [0.15, 0.2) is 145 Å². The van der Waals surface area contributed by atoms with Gasteiger partial charge in [-0.3, -0.25) is 4.55 Å². The zero-order valence-corrected chi connectivity index (χ0v) is 32.9. The monoisotopic (exact) mass is 746 g/mol. The second kappa shape index (κ2) is 17.2. The van der Waals surface area contributed by atoms with Crippen LogP contribution in [0.1, 0.15) is 10.4 Å². The number of aromatic carboxylic acids is 1. The Hall–Kier alpha value is -5.04. The molecule has 0 bridgehead atoms. The first-order chi connectivity index (χ1) is 24.4. The molecule has 0 aliphatic carbocycles. The van der Waals surface area contributed by atoms with Gasteiger partial charge in [0, 0.05) is 5.69 Å². The van der Waals surface area contributed by atoms with Crippen molar-refractivity contribution in [3.63, 3.8) is 0 Å². The first-order valence-electron chi connectivity index (χ1n) is 14.8. The summed E-state index contributed by atoms with van der Waals surface area (Å²) in [5.74, 6) is -2.77. The molecule has 254 valence electrons. The van der Waals surface area contributed by atoms with Crippen molar-refractivity contribution in [1.82, 2.24) is 0 Å². The van der Waals surface area contributed by atoms with Gasteiger partial charge in [0.15, 0.2) is 0 Å². The van der Waals surface area contributed by atoms with Gasteiger partial charge in [0.1, 0.15) is 10.6 Å². The maximum absolute atomic E-state index is 13.5. The van der Waals surface area contributed by atoms with Crippen molar-refractivity contribution < 1.29 is 92.2 Å². The van der Waals surface area contributed by atoms with Crippen LogP contribution in [-0.2, 0) is 10.1 Å². The number of benzene rings is 6. The third-order valence-corrected chi connectivity index (χ3v) is 8.29. The number of rotatable bonds is 9. The molecule has 0 heterocycles. The number of nitrogens with zero attached hydrogens (tertiary/aromatic N) is 6. The van der Waals surface area contributed by atoms with E-state index in [-0.39, 0.29) is 81.3 Å². The Kier molecular flexibility index (Phi) is 13.2. The van der Waals surface area contributed by atoms with E-state index in [0.717, 1.165) is 29.3 Å². The molecule has 0 atom stereocenters. The van der Waals surface area contributed by atoms with Gasteiger partial charge in [-0.1, -0.05) is 47.9 Å². The van der Waals surface area contributed by atoms with E-state index in [2.05, 4.69) is 30.7 Å². The topological polar surface area (TPSA) is 264 Å². The summed E-state index contributed by atoms with van der Waals surface area (Å²) in [6, 6.07) is 27.5. The van der Waals surface area contributed by atoms with Crippen molar-refractivity contribution in [3.8, 4) is 22.6 Å². The van der Waals surface area contributed by atoms with Crippen LogP contribution in [0, 0.1) is 0 Å². The molecule has 0 saturated heterocycles. The largest absolute Gasteiger partial charge is 1.00 e. The Bertz CT molecular complexity index is 2530. The molecular formula is C35H24N8Na2O7S. The van der Waals surface area contributed by atoms with Gasteiger partial charge in [-0.05, 0) is 94.7 Å². The first-order valence-corrected chi connectivity index (χ1v) is 16.2. The summed E-state index contributed by atoms with van der Waals surface area (Å²) in [4.78, 5) is 10.5. The van der Waals surface area contributed by atoms with Crippen LogP contribution < -0.4 is 80.8 Å². The molecule has 0 aromatic heterocycles. The Morgan fingerprint density at radius 3 is 1.74 bits per heavy atom. The van der Waals surface area contributed by atoms with Crippen LogP contribution in [0.4, 0.5) is 45.5 Å². The number of carboxylic acids is 1. The summed E-state index contributed by atoms with van der Waals surface area (Å²) in [5, 5.41) is 58.9. The SMILES string of the molecule is Nc1ccc(N=Nc2ccc3cc(S(=O)(=O)O)c(N=Nc4ccc(-c5ccc(N=Nc6ccc([O-])c(C(=O)O)c6)cc5)cc4)c([O-])c3c2)c(N)c1.[Na+].[Na+]. The maximum Gasteiger partial charge on any atom is 1.00 e. The molecule has 6 aromatic carbocycles. The number of azo groups is 3. The summed E-state index contributed by atoms with van der Waals surface area (Å²) in [5.41, 5.74) is 14.6. The van der Waals surface area contributed by atoms with E-state index in [0.29, 0.717) is 28.4 Å². The molecule has 0 aliphatic heterocycles. The van der Waals surface area contributed by atoms with E-state index >= 15 is 0 Å². The average molecular weight is 747 g/mol. The summed E-state index contributed by atoms with van der Waals surface area (Å²) < 4.78 is 34.4. The molecular weight excluding hydrogens is 722 g/mol. The molecule has 6 rings (SSSR count). The van der Waals surface area contributed by atoms with Gasteiger partial charge in [-0.15, -0.1) is 10.2 Å². The maximum atomic E-state index is 13.5. The number of carbonyl (C=O) groups is 1. The zero-order chi connectivity index (χ0) is 36.3. The minimum atomic E-state index is -4.86. The fourth-order valence-electron chi connectivity index (χ4n) is 4.86. The number of hydrogen-bond acceptors (Lipinski definition) is 13. The van der Waals surface area contributed by atoms with Crippen molar-refractivity contribution in [2.75, 3.05) is 11.5 Å². The van der Waals surface area contributed by atoms with Gasteiger partial charge in [-0.25, -0.2) is 4.79 Å². The number of nitrogens with two attached hydrogens (primary N) is 2. The molecule has 6 N–H and O–H groups in total. The minimum absolute atomic E-state index is 0. The third kappa shape index (κ3) is 9.69. The van der Waals surface area contributed by atoms with Gasteiger partial charge >= 0.3 is 65.1 Å². The molecule has 0 fully saturated rings. The van der Waals surface area contributed by atoms with Gasteiger partial charge in [0.2, 0.25) is 0 Å². The Morgan fingerprint density at radius 2 is 1.15 bits per heavy atom. The van der Waals surface area contributed by atoms with E-state index < -0.39 is 43.7 Å². The fourth-order valence-corrected chi connectivity index (χ4v) is 5.51. The van der Waals surface area contributed by atoms with Gasteiger partial charge < -0.3 is 26.8 Å². The van der Waals surface area contributed by atoms with E-state index in [4.69, 9.17) is 16.6 Å². The number of anilines is 2. The van der Waals surface area contributed by atoms with E-state index in [1.165, 1.54) is 30.3 Å². The van der Waals surface area contributed by atoms with E-state index in [1.54, 1.807) is 60.7 Å². The van der Waals surface area contributed by atoms with Gasteiger partial charge in [0.05, 0.1) is 39.7 Å². The summed E-state index contributed by atoms with van der Waals surface area (Å²) in [6.07, 6.45) is 0. The van der Waals surface area contributed by atoms with Crippen LogP contribution in [0.3, 0.4) is 0 Å². The average Bonchev–Trinajstić information content (AvgIpc) is 3.10. The molecule has 53 heavy (non-hydrogen) atoms. The molecule has 0 unspecified atom stereocenters. The number of hydrogen-bond donors (Lipinski definition) is 4. The van der Waals surface area contributed by atoms with Gasteiger partial charge in [-0.2, -0.15) is 28.9 Å².